The molecule has 0 spiro atoms. The zero-order chi connectivity index (χ0) is 23.9. The Balaban J connectivity index is 1.12. The number of ether oxygens (including phenoxy) is 1. The Morgan fingerprint density at radius 2 is 1.80 bits per heavy atom. The van der Waals surface area contributed by atoms with Gasteiger partial charge in [-0.25, -0.2) is 9.97 Å². The van der Waals surface area contributed by atoms with E-state index in [1.165, 1.54) is 12.0 Å². The Bertz CT molecular complexity index is 1150. The maximum Gasteiger partial charge on any atom is 0.255 e. The number of aromatic nitrogens is 2. The van der Waals surface area contributed by atoms with E-state index in [4.69, 9.17) is 4.74 Å². The lowest BCUT2D eigenvalue weighted by atomic mass is 9.85. The summed E-state index contributed by atoms with van der Waals surface area (Å²) in [5.41, 5.74) is 2.68. The summed E-state index contributed by atoms with van der Waals surface area (Å²) in [7, 11) is 0. The van der Waals surface area contributed by atoms with Gasteiger partial charge in [0, 0.05) is 56.0 Å². The van der Waals surface area contributed by atoms with Crippen molar-refractivity contribution in [3.05, 3.63) is 53.6 Å². The monoisotopic (exact) mass is 475 g/mol. The number of amides is 3. The molecule has 1 aliphatic carbocycles. The van der Waals surface area contributed by atoms with Gasteiger partial charge in [-0.2, -0.15) is 0 Å². The Kier molecular flexibility index (Phi) is 5.72. The van der Waals surface area contributed by atoms with Crippen LogP contribution in [0.4, 0.5) is 0 Å². The number of carbonyl (C=O) groups excluding carboxylic acids is 3. The van der Waals surface area contributed by atoms with Crippen molar-refractivity contribution in [2.24, 2.45) is 0 Å². The fourth-order valence-electron chi connectivity index (χ4n) is 5.95. The molecule has 3 atom stereocenters. The van der Waals surface area contributed by atoms with E-state index in [9.17, 15) is 14.4 Å². The normalized spacial score (nSPS) is 27.4. The molecule has 3 fully saturated rings. The number of nitrogens with zero attached hydrogens (tertiary/aromatic N) is 4. The summed E-state index contributed by atoms with van der Waals surface area (Å²) in [5.74, 6) is 0.417. The third kappa shape index (κ3) is 4.18. The first-order chi connectivity index (χ1) is 17.1. The quantitative estimate of drug-likeness (QED) is 0.660. The Morgan fingerprint density at radius 1 is 1.00 bits per heavy atom. The molecule has 4 heterocycles. The predicted molar refractivity (Wildman–Crippen MR) is 126 cm³/mol. The van der Waals surface area contributed by atoms with E-state index in [1.54, 1.807) is 11.2 Å². The Morgan fingerprint density at radius 3 is 2.60 bits per heavy atom. The minimum atomic E-state index is -0.603. The molecule has 1 aromatic heterocycles. The highest BCUT2D eigenvalue weighted by Gasteiger charge is 2.41. The van der Waals surface area contributed by atoms with E-state index in [2.05, 4.69) is 20.2 Å². The molecule has 0 radical (unpaired) electrons. The third-order valence-electron chi connectivity index (χ3n) is 7.88. The summed E-state index contributed by atoms with van der Waals surface area (Å²) in [6.07, 6.45) is 10.6. The van der Waals surface area contributed by atoms with Crippen LogP contribution in [0.1, 0.15) is 65.9 Å². The van der Waals surface area contributed by atoms with Gasteiger partial charge >= 0.3 is 0 Å². The van der Waals surface area contributed by atoms with Crippen LogP contribution in [-0.4, -0.2) is 68.8 Å². The molecule has 1 N–H and O–H groups in total. The number of fused-ring (bicyclic) bond motifs is 1. The number of hydrogen-bond donors (Lipinski definition) is 1. The molecule has 0 bridgehead atoms. The van der Waals surface area contributed by atoms with Crippen molar-refractivity contribution in [3.63, 3.8) is 0 Å². The van der Waals surface area contributed by atoms with Crippen molar-refractivity contribution in [2.75, 3.05) is 13.1 Å². The van der Waals surface area contributed by atoms with Crippen molar-refractivity contribution < 1.29 is 19.1 Å². The predicted octanol–water partition coefficient (Wildman–Crippen LogP) is 2.03. The van der Waals surface area contributed by atoms with Gasteiger partial charge in [0.2, 0.25) is 11.8 Å². The number of piperidine rings is 1. The summed E-state index contributed by atoms with van der Waals surface area (Å²) in [4.78, 5) is 49.2. The molecule has 1 saturated carbocycles. The molecule has 6 rings (SSSR count). The molecular formula is C26H29N5O4. The molecule has 182 valence electrons. The van der Waals surface area contributed by atoms with Gasteiger partial charge in [-0.1, -0.05) is 6.42 Å². The van der Waals surface area contributed by atoms with Gasteiger partial charge in [-0.3, -0.25) is 24.6 Å². The summed E-state index contributed by atoms with van der Waals surface area (Å²) < 4.78 is 6.52. The SMILES string of the molecule is O=C1CCC(N2Cc3cc(O[C@H]4CCCC[C@@H]4N4CC(c5cncnc5)C4)ccc3C2=O)C(=O)N1. The molecule has 3 aliphatic heterocycles. The van der Waals surface area contributed by atoms with Gasteiger partial charge in [0.1, 0.15) is 24.2 Å². The number of carbonyl (C=O) groups is 3. The maximum absolute atomic E-state index is 13.0. The largest absolute Gasteiger partial charge is 0.489 e. The van der Waals surface area contributed by atoms with Crippen molar-refractivity contribution >= 4 is 17.7 Å². The number of nitrogens with one attached hydrogen (secondary N) is 1. The van der Waals surface area contributed by atoms with Crippen LogP contribution < -0.4 is 10.1 Å². The first-order valence-corrected chi connectivity index (χ1v) is 12.5. The van der Waals surface area contributed by atoms with Gasteiger partial charge in [-0.05, 0) is 55.0 Å². The van der Waals surface area contributed by atoms with E-state index in [1.807, 2.05) is 30.6 Å². The van der Waals surface area contributed by atoms with Crippen molar-refractivity contribution in [2.45, 2.75) is 69.2 Å². The smallest absolute Gasteiger partial charge is 0.255 e. The molecule has 1 unspecified atom stereocenters. The van der Waals surface area contributed by atoms with Gasteiger partial charge in [0.15, 0.2) is 0 Å². The van der Waals surface area contributed by atoms with Crippen LogP contribution in [-0.2, 0) is 16.1 Å². The second-order valence-electron chi connectivity index (χ2n) is 10.0. The van der Waals surface area contributed by atoms with Crippen LogP contribution in [0.5, 0.6) is 5.75 Å². The van der Waals surface area contributed by atoms with Gasteiger partial charge in [0.25, 0.3) is 5.91 Å². The van der Waals surface area contributed by atoms with E-state index >= 15 is 0 Å². The third-order valence-corrected chi connectivity index (χ3v) is 7.88. The fourth-order valence-corrected chi connectivity index (χ4v) is 5.95. The highest BCUT2D eigenvalue weighted by Crippen LogP contribution is 2.36. The highest BCUT2D eigenvalue weighted by atomic mass is 16.5. The van der Waals surface area contributed by atoms with Gasteiger partial charge in [0.05, 0.1) is 0 Å². The minimum Gasteiger partial charge on any atom is -0.489 e. The number of likely N-dealkylation sites (tertiary alicyclic amines) is 1. The molecule has 3 amide bonds. The summed E-state index contributed by atoms with van der Waals surface area (Å²) in [5, 5.41) is 2.35. The van der Waals surface area contributed by atoms with Crippen LogP contribution in [0.3, 0.4) is 0 Å². The molecule has 4 aliphatic rings. The molecular weight excluding hydrogens is 446 g/mol. The van der Waals surface area contributed by atoms with Crippen molar-refractivity contribution in [3.8, 4) is 5.75 Å². The Labute approximate surface area is 203 Å². The highest BCUT2D eigenvalue weighted by molar-refractivity contribution is 6.05. The van der Waals surface area contributed by atoms with Crippen LogP contribution in [0.15, 0.2) is 36.9 Å². The van der Waals surface area contributed by atoms with E-state index in [0.717, 1.165) is 43.7 Å². The van der Waals surface area contributed by atoms with Crippen LogP contribution in [0.2, 0.25) is 0 Å². The van der Waals surface area contributed by atoms with Crippen molar-refractivity contribution in [1.82, 2.24) is 25.1 Å². The second kappa shape index (κ2) is 9.03. The molecule has 35 heavy (non-hydrogen) atoms. The number of hydrogen-bond acceptors (Lipinski definition) is 7. The lowest BCUT2D eigenvalue weighted by molar-refractivity contribution is -0.136. The average molecular weight is 476 g/mol. The average Bonchev–Trinajstić information content (AvgIpc) is 3.15. The first-order valence-electron chi connectivity index (χ1n) is 12.5. The molecule has 9 nitrogen and oxygen atoms in total. The summed E-state index contributed by atoms with van der Waals surface area (Å²) in [6, 6.07) is 5.40. The van der Waals surface area contributed by atoms with E-state index < -0.39 is 6.04 Å². The number of rotatable bonds is 5. The zero-order valence-electron chi connectivity index (χ0n) is 19.6. The molecule has 1 aromatic carbocycles. The van der Waals surface area contributed by atoms with E-state index in [-0.39, 0.29) is 30.2 Å². The van der Waals surface area contributed by atoms with Crippen molar-refractivity contribution in [1.29, 1.82) is 0 Å². The first kappa shape index (κ1) is 22.2. The fraction of sp³-hybridized carbons (Fsp3) is 0.500. The van der Waals surface area contributed by atoms with E-state index in [0.29, 0.717) is 30.5 Å². The second-order valence-corrected chi connectivity index (χ2v) is 10.0. The van der Waals surface area contributed by atoms with Crippen LogP contribution >= 0.6 is 0 Å². The minimum absolute atomic E-state index is 0.109. The van der Waals surface area contributed by atoms with Crippen LogP contribution in [0, 0.1) is 0 Å². The molecule has 2 aromatic rings. The summed E-state index contributed by atoms with van der Waals surface area (Å²) >= 11 is 0. The topological polar surface area (TPSA) is 105 Å². The standard InChI is InChI=1S/C26H29N5O4/c32-24-8-7-22(25(33)29-24)31-14-16-9-19(5-6-20(16)26(31)34)35-23-4-2-1-3-21(23)30-12-18(13-30)17-10-27-15-28-11-17/h5-6,9-11,15,18,21-23H,1-4,7-8,12-14H2,(H,29,32,33)/t21-,22?,23-/m0/s1. The molecule has 9 heteroatoms. The number of benzene rings is 1. The summed E-state index contributed by atoms with van der Waals surface area (Å²) in [6.45, 7) is 2.35. The lowest BCUT2D eigenvalue weighted by Crippen LogP contribution is -2.57. The van der Waals surface area contributed by atoms with Gasteiger partial charge < -0.3 is 9.64 Å². The van der Waals surface area contributed by atoms with Gasteiger partial charge in [-0.15, -0.1) is 0 Å². The number of imide groups is 1. The molecule has 2 saturated heterocycles. The van der Waals surface area contributed by atoms with Crippen LogP contribution in [0.25, 0.3) is 0 Å². The maximum atomic E-state index is 13.0. The lowest BCUT2D eigenvalue weighted by Gasteiger charge is -2.48. The zero-order valence-corrected chi connectivity index (χ0v) is 19.6. The Hall–Kier alpha value is -3.33.